The van der Waals surface area contributed by atoms with Crippen molar-refractivity contribution in [1.29, 1.82) is 0 Å². The first kappa shape index (κ1) is 7.14. The minimum Gasteiger partial charge on any atom is -0.792 e. The van der Waals surface area contributed by atoms with E-state index in [1.54, 1.807) is 24.9 Å². The van der Waals surface area contributed by atoms with E-state index >= 15 is 0 Å². The highest BCUT2D eigenvalue weighted by Gasteiger charge is 2.05. The van der Waals surface area contributed by atoms with Gasteiger partial charge in [0, 0.05) is 11.5 Å². The summed E-state index contributed by atoms with van der Waals surface area (Å²) in [5, 5.41) is 12.8. The molecule has 0 aliphatic carbocycles. The minimum atomic E-state index is 0.484. The lowest BCUT2D eigenvalue weighted by Crippen LogP contribution is -2.27. The summed E-state index contributed by atoms with van der Waals surface area (Å²) >= 11 is 1.26. The quantitative estimate of drug-likeness (QED) is 0.334. The topological polar surface area (TPSA) is 52.2 Å². The molecule has 10 heavy (non-hydrogen) atoms. The maximum Gasteiger partial charge on any atom is 0.217 e. The standard InChI is InChI=1S/C5H7N3OS/c1-4(6-9)5-3-8(2)7-10-5/h3H,1-2H3. The van der Waals surface area contributed by atoms with Crippen LogP contribution in [0.3, 0.4) is 0 Å². The van der Waals surface area contributed by atoms with Crippen molar-refractivity contribution < 1.29 is 4.68 Å². The number of hydrogen-bond donors (Lipinski definition) is 0. The first-order valence-electron chi connectivity index (χ1n) is 2.74. The predicted molar refractivity (Wildman–Crippen MR) is 38.9 cm³/mol. The molecule has 0 saturated carbocycles. The molecule has 1 rings (SSSR count). The lowest BCUT2D eigenvalue weighted by Gasteiger charge is -1.93. The van der Waals surface area contributed by atoms with Crippen LogP contribution in [0.15, 0.2) is 11.4 Å². The van der Waals surface area contributed by atoms with Crippen LogP contribution in [0.1, 0.15) is 11.8 Å². The fourth-order valence-electron chi connectivity index (χ4n) is 0.530. The zero-order valence-electron chi connectivity index (χ0n) is 5.74. The van der Waals surface area contributed by atoms with Gasteiger partial charge in [-0.3, -0.25) is 0 Å². The maximum atomic E-state index is 10.00. The minimum absolute atomic E-state index is 0.484. The summed E-state index contributed by atoms with van der Waals surface area (Å²) < 4.78 is 5.57. The van der Waals surface area contributed by atoms with Gasteiger partial charge in [-0.25, -0.2) is 0 Å². The van der Waals surface area contributed by atoms with Crippen molar-refractivity contribution in [2.75, 3.05) is 0 Å². The van der Waals surface area contributed by atoms with Gasteiger partial charge in [-0.15, -0.1) is 0 Å². The first-order chi connectivity index (χ1) is 4.74. The smallest absolute Gasteiger partial charge is 0.217 e. The molecular formula is C5H7N3OS. The first-order valence-corrected chi connectivity index (χ1v) is 3.51. The highest BCUT2D eigenvalue weighted by atomic mass is 32.1. The Morgan fingerprint density at radius 3 is 3.00 bits per heavy atom. The molecule has 1 aromatic heterocycles. The third-order valence-electron chi connectivity index (χ3n) is 1.07. The van der Waals surface area contributed by atoms with Gasteiger partial charge in [0.25, 0.3) is 0 Å². The average molecular weight is 157 g/mol. The largest absolute Gasteiger partial charge is 0.792 e. The Morgan fingerprint density at radius 2 is 2.60 bits per heavy atom. The van der Waals surface area contributed by atoms with Crippen LogP contribution in [0.4, 0.5) is 0 Å². The molecule has 1 aromatic rings. The van der Waals surface area contributed by atoms with Gasteiger partial charge in [-0.1, -0.05) is 4.68 Å². The van der Waals surface area contributed by atoms with Gasteiger partial charge >= 0.3 is 0 Å². The van der Waals surface area contributed by atoms with Gasteiger partial charge in [0.1, 0.15) is 4.88 Å². The van der Waals surface area contributed by atoms with Crippen LogP contribution in [0.25, 0.3) is 0 Å². The number of nitrogens with zero attached hydrogens (tertiary/aromatic N) is 3. The number of aromatic nitrogens is 2. The van der Waals surface area contributed by atoms with Crippen LogP contribution in [0.2, 0.25) is 0 Å². The van der Waals surface area contributed by atoms with Crippen LogP contribution in [-0.2, 0) is 7.05 Å². The van der Waals surface area contributed by atoms with Crippen molar-refractivity contribution >= 4 is 17.2 Å². The van der Waals surface area contributed by atoms with Gasteiger partial charge in [0.05, 0.1) is 10.2 Å². The molecule has 0 atom stereocenters. The summed E-state index contributed by atoms with van der Waals surface area (Å²) in [5.41, 5.74) is 0.484. The highest BCUT2D eigenvalue weighted by molar-refractivity contribution is 7.07. The fraction of sp³-hybridized carbons (Fsp3) is 0.400. The Balaban J connectivity index is 2.95. The SMILES string of the molecule is CC(=N[O-])c1c[n+](C)ns1. The second kappa shape index (κ2) is 2.74. The van der Waals surface area contributed by atoms with Crippen LogP contribution >= 0.6 is 11.5 Å². The van der Waals surface area contributed by atoms with E-state index in [4.69, 9.17) is 0 Å². The van der Waals surface area contributed by atoms with Crippen LogP contribution in [0, 0.1) is 5.21 Å². The Morgan fingerprint density at radius 1 is 1.90 bits per heavy atom. The molecular weight excluding hydrogens is 150 g/mol. The summed E-state index contributed by atoms with van der Waals surface area (Å²) in [5.74, 6) is 0. The van der Waals surface area contributed by atoms with Crippen molar-refractivity contribution in [3.05, 3.63) is 16.3 Å². The van der Waals surface area contributed by atoms with E-state index in [0.29, 0.717) is 5.71 Å². The Labute approximate surface area is 62.6 Å². The molecule has 0 saturated heterocycles. The predicted octanol–water partition coefficient (Wildman–Crippen LogP) is 0.274. The van der Waals surface area contributed by atoms with Crippen molar-refractivity contribution in [2.45, 2.75) is 6.92 Å². The second-order valence-corrected chi connectivity index (χ2v) is 2.70. The molecule has 1 heterocycles. The van der Waals surface area contributed by atoms with E-state index in [2.05, 4.69) is 9.64 Å². The molecule has 0 fully saturated rings. The van der Waals surface area contributed by atoms with E-state index in [-0.39, 0.29) is 0 Å². The molecule has 4 nitrogen and oxygen atoms in total. The maximum absolute atomic E-state index is 10.00. The van der Waals surface area contributed by atoms with Gasteiger partial charge in [0.15, 0.2) is 7.05 Å². The molecule has 0 aliphatic heterocycles. The van der Waals surface area contributed by atoms with Crippen molar-refractivity contribution in [1.82, 2.24) is 4.49 Å². The van der Waals surface area contributed by atoms with E-state index in [1.807, 2.05) is 0 Å². The molecule has 0 unspecified atom stereocenters. The Hall–Kier alpha value is -0.970. The van der Waals surface area contributed by atoms with Gasteiger partial charge in [-0.2, -0.15) is 0 Å². The zero-order chi connectivity index (χ0) is 7.56. The van der Waals surface area contributed by atoms with Crippen molar-refractivity contribution in [3.8, 4) is 0 Å². The summed E-state index contributed by atoms with van der Waals surface area (Å²) in [6.07, 6.45) is 1.77. The number of aryl methyl sites for hydroxylation is 1. The zero-order valence-corrected chi connectivity index (χ0v) is 6.55. The monoisotopic (exact) mass is 157 g/mol. The molecule has 5 heteroatoms. The normalized spacial score (nSPS) is 12.0. The lowest BCUT2D eigenvalue weighted by atomic mass is 10.4. The molecule has 0 spiro atoms. The van der Waals surface area contributed by atoms with Gasteiger partial charge in [0.2, 0.25) is 6.20 Å². The average Bonchev–Trinajstić information content (AvgIpc) is 2.34. The number of hydrogen-bond acceptors (Lipinski definition) is 4. The Kier molecular flexibility index (Phi) is 1.96. The second-order valence-electron chi connectivity index (χ2n) is 1.92. The molecule has 0 aliphatic rings. The third-order valence-corrected chi connectivity index (χ3v) is 2.00. The summed E-state index contributed by atoms with van der Waals surface area (Å²) in [6, 6.07) is 0. The van der Waals surface area contributed by atoms with Crippen LogP contribution in [-0.4, -0.2) is 10.2 Å². The summed E-state index contributed by atoms with van der Waals surface area (Å²) in [6.45, 7) is 1.67. The summed E-state index contributed by atoms with van der Waals surface area (Å²) in [4.78, 5) is 0.817. The van der Waals surface area contributed by atoms with Gasteiger partial charge < -0.3 is 10.4 Å². The van der Waals surface area contributed by atoms with Gasteiger partial charge in [-0.05, 0) is 6.92 Å². The highest BCUT2D eigenvalue weighted by Crippen LogP contribution is 2.01. The van der Waals surface area contributed by atoms with Crippen molar-refractivity contribution in [2.24, 2.45) is 12.2 Å². The van der Waals surface area contributed by atoms with E-state index in [9.17, 15) is 5.21 Å². The fourth-order valence-corrected chi connectivity index (χ4v) is 1.16. The van der Waals surface area contributed by atoms with E-state index in [0.717, 1.165) is 4.88 Å². The van der Waals surface area contributed by atoms with E-state index < -0.39 is 0 Å². The molecule has 0 amide bonds. The van der Waals surface area contributed by atoms with Crippen molar-refractivity contribution in [3.63, 3.8) is 0 Å². The van der Waals surface area contributed by atoms with Crippen LogP contribution < -0.4 is 4.68 Å². The van der Waals surface area contributed by atoms with Crippen LogP contribution in [0.5, 0.6) is 0 Å². The number of rotatable bonds is 1. The lowest BCUT2D eigenvalue weighted by molar-refractivity contribution is -0.722. The molecule has 54 valence electrons. The third kappa shape index (κ3) is 1.30. The summed E-state index contributed by atoms with van der Waals surface area (Å²) in [7, 11) is 1.80. The molecule has 0 aromatic carbocycles. The van der Waals surface area contributed by atoms with E-state index in [1.165, 1.54) is 11.5 Å². The molecule has 0 N–H and O–H groups in total. The Bertz CT molecular complexity index is 255. The molecule has 0 radical (unpaired) electrons. The molecule has 0 bridgehead atoms.